The van der Waals surface area contributed by atoms with Crippen LogP contribution in [0.15, 0.2) is 0 Å². The van der Waals surface area contributed by atoms with Crippen LogP contribution in [-0.4, -0.2) is 35.1 Å². The maximum atomic E-state index is 10.7. The average molecular weight is 182 g/mol. The number of carboxylic acids is 1. The summed E-state index contributed by atoms with van der Waals surface area (Å²) in [5, 5.41) is 17.2. The third kappa shape index (κ3) is 2.43. The van der Waals surface area contributed by atoms with E-state index in [0.717, 1.165) is 0 Å². The molecule has 0 bridgehead atoms. The van der Waals surface area contributed by atoms with Crippen LogP contribution in [0.1, 0.15) is 19.8 Å². The molecule has 1 saturated heterocycles. The van der Waals surface area contributed by atoms with Crippen molar-refractivity contribution in [3.63, 3.8) is 0 Å². The number of hydrogen-bond donors (Lipinski definition) is 1. The van der Waals surface area contributed by atoms with Crippen molar-refractivity contribution >= 4 is 5.97 Å². The van der Waals surface area contributed by atoms with Crippen LogP contribution in [0.25, 0.3) is 0 Å². The van der Waals surface area contributed by atoms with E-state index in [1.165, 1.54) is 0 Å². The summed E-state index contributed by atoms with van der Waals surface area (Å²) in [5.41, 5.74) is 0. The highest BCUT2D eigenvalue weighted by Gasteiger charge is 2.32. The fourth-order valence-electron chi connectivity index (χ4n) is 1.78. The summed E-state index contributed by atoms with van der Waals surface area (Å²) in [5.74, 6) is -0.958. The van der Waals surface area contributed by atoms with E-state index in [2.05, 4.69) is 11.0 Å². The zero-order valence-corrected chi connectivity index (χ0v) is 7.73. The second kappa shape index (κ2) is 4.24. The summed E-state index contributed by atoms with van der Waals surface area (Å²) in [6, 6.07) is 2.37. The van der Waals surface area contributed by atoms with Crippen molar-refractivity contribution in [2.24, 2.45) is 5.92 Å². The molecule has 2 unspecified atom stereocenters. The van der Waals surface area contributed by atoms with Crippen molar-refractivity contribution in [1.82, 2.24) is 4.90 Å². The van der Waals surface area contributed by atoms with Gasteiger partial charge < -0.3 is 5.11 Å². The molecule has 72 valence electrons. The van der Waals surface area contributed by atoms with Gasteiger partial charge in [0.2, 0.25) is 0 Å². The van der Waals surface area contributed by atoms with Gasteiger partial charge in [-0.15, -0.1) is 0 Å². The first-order chi connectivity index (χ1) is 6.15. The van der Waals surface area contributed by atoms with Crippen molar-refractivity contribution in [3.05, 3.63) is 0 Å². The van der Waals surface area contributed by atoms with Gasteiger partial charge >= 0.3 is 5.97 Å². The number of rotatable bonds is 3. The Bertz CT molecular complexity index is 234. The lowest BCUT2D eigenvalue weighted by Crippen LogP contribution is -2.28. The minimum Gasteiger partial charge on any atom is -0.481 e. The van der Waals surface area contributed by atoms with Gasteiger partial charge in [0.25, 0.3) is 0 Å². The number of carbonyl (C=O) groups is 1. The standard InChI is InChI=1S/C9H14N2O2/c1-7-5-8(9(12)13)6-11(7)4-2-3-10/h7-8H,2,4-6H2,1H3,(H,12,13). The van der Waals surface area contributed by atoms with Gasteiger partial charge in [0, 0.05) is 25.6 Å². The van der Waals surface area contributed by atoms with Gasteiger partial charge in [0.05, 0.1) is 12.0 Å². The third-order valence-electron chi connectivity index (χ3n) is 2.56. The molecule has 0 aromatic heterocycles. The number of nitrogens with zero attached hydrogens (tertiary/aromatic N) is 2. The monoisotopic (exact) mass is 182 g/mol. The molecule has 1 fully saturated rings. The first-order valence-electron chi connectivity index (χ1n) is 4.49. The lowest BCUT2D eigenvalue weighted by atomic mass is 10.1. The van der Waals surface area contributed by atoms with E-state index in [0.29, 0.717) is 32.0 Å². The van der Waals surface area contributed by atoms with Crippen LogP contribution < -0.4 is 0 Å². The normalized spacial score (nSPS) is 28.6. The molecule has 0 amide bonds. The summed E-state index contributed by atoms with van der Waals surface area (Å²) >= 11 is 0. The fraction of sp³-hybridized carbons (Fsp3) is 0.778. The Morgan fingerprint density at radius 2 is 2.46 bits per heavy atom. The van der Waals surface area contributed by atoms with Crippen molar-refractivity contribution < 1.29 is 9.90 Å². The maximum Gasteiger partial charge on any atom is 0.307 e. The van der Waals surface area contributed by atoms with Crippen molar-refractivity contribution in [2.45, 2.75) is 25.8 Å². The van der Waals surface area contributed by atoms with E-state index in [-0.39, 0.29) is 5.92 Å². The Morgan fingerprint density at radius 3 is 2.92 bits per heavy atom. The molecule has 1 aliphatic rings. The zero-order chi connectivity index (χ0) is 9.84. The predicted octanol–water partition coefficient (Wildman–Crippen LogP) is 0.695. The Labute approximate surface area is 77.8 Å². The van der Waals surface area contributed by atoms with Gasteiger partial charge in [-0.05, 0) is 13.3 Å². The molecule has 13 heavy (non-hydrogen) atoms. The van der Waals surface area contributed by atoms with Crippen LogP contribution in [0.3, 0.4) is 0 Å². The van der Waals surface area contributed by atoms with Crippen LogP contribution in [0, 0.1) is 17.2 Å². The van der Waals surface area contributed by atoms with E-state index >= 15 is 0 Å². The summed E-state index contributed by atoms with van der Waals surface area (Å²) in [6.45, 7) is 3.31. The average Bonchev–Trinajstić information content (AvgIpc) is 2.44. The molecule has 0 radical (unpaired) electrons. The lowest BCUT2D eigenvalue weighted by molar-refractivity contribution is -0.141. The maximum absolute atomic E-state index is 10.7. The molecule has 4 nitrogen and oxygen atoms in total. The molecule has 0 saturated carbocycles. The summed E-state index contributed by atoms with van der Waals surface area (Å²) in [7, 11) is 0. The van der Waals surface area contributed by atoms with E-state index in [9.17, 15) is 4.79 Å². The molecule has 0 aromatic carbocycles. The number of likely N-dealkylation sites (tertiary alicyclic amines) is 1. The van der Waals surface area contributed by atoms with Gasteiger partial charge in [0.15, 0.2) is 0 Å². The molecule has 0 aromatic rings. The number of carboxylic acid groups (broad SMARTS) is 1. The van der Waals surface area contributed by atoms with Gasteiger partial charge in [-0.25, -0.2) is 0 Å². The van der Waals surface area contributed by atoms with Gasteiger partial charge in [-0.3, -0.25) is 9.69 Å². The highest BCUT2D eigenvalue weighted by Crippen LogP contribution is 2.22. The Balaban J connectivity index is 2.42. The smallest absolute Gasteiger partial charge is 0.307 e. The molecule has 4 heteroatoms. The molecular formula is C9H14N2O2. The van der Waals surface area contributed by atoms with Gasteiger partial charge in [-0.1, -0.05) is 0 Å². The number of aliphatic carboxylic acids is 1. The summed E-state index contributed by atoms with van der Waals surface area (Å²) < 4.78 is 0. The number of hydrogen-bond acceptors (Lipinski definition) is 3. The van der Waals surface area contributed by atoms with Crippen molar-refractivity contribution in [3.8, 4) is 6.07 Å². The second-order valence-corrected chi connectivity index (χ2v) is 3.52. The quantitative estimate of drug-likeness (QED) is 0.697. The SMILES string of the molecule is CC1CC(C(=O)O)CN1CCC#N. The minimum atomic E-state index is -0.716. The molecular weight excluding hydrogens is 168 g/mol. The second-order valence-electron chi connectivity index (χ2n) is 3.52. The summed E-state index contributed by atoms with van der Waals surface area (Å²) in [4.78, 5) is 12.7. The minimum absolute atomic E-state index is 0.242. The van der Waals surface area contributed by atoms with Crippen LogP contribution in [-0.2, 0) is 4.79 Å². The van der Waals surface area contributed by atoms with Crippen LogP contribution in [0.4, 0.5) is 0 Å². The first kappa shape index (κ1) is 10.0. The first-order valence-corrected chi connectivity index (χ1v) is 4.49. The van der Waals surface area contributed by atoms with Gasteiger partial charge in [0.1, 0.15) is 0 Å². The van der Waals surface area contributed by atoms with Crippen molar-refractivity contribution in [1.29, 1.82) is 5.26 Å². The molecule has 1 rings (SSSR count). The summed E-state index contributed by atoms with van der Waals surface area (Å²) in [6.07, 6.45) is 1.19. The Hall–Kier alpha value is -1.08. The fourth-order valence-corrected chi connectivity index (χ4v) is 1.78. The van der Waals surface area contributed by atoms with E-state index < -0.39 is 5.97 Å². The number of nitriles is 1. The van der Waals surface area contributed by atoms with Crippen LogP contribution in [0.2, 0.25) is 0 Å². The Kier molecular flexibility index (Phi) is 3.26. The molecule has 2 atom stereocenters. The zero-order valence-electron chi connectivity index (χ0n) is 7.73. The molecule has 1 heterocycles. The predicted molar refractivity (Wildman–Crippen MR) is 47.0 cm³/mol. The van der Waals surface area contributed by atoms with Gasteiger partial charge in [-0.2, -0.15) is 5.26 Å². The highest BCUT2D eigenvalue weighted by molar-refractivity contribution is 5.70. The highest BCUT2D eigenvalue weighted by atomic mass is 16.4. The van der Waals surface area contributed by atoms with E-state index in [1.807, 2.05) is 6.92 Å². The van der Waals surface area contributed by atoms with Crippen LogP contribution >= 0.6 is 0 Å². The van der Waals surface area contributed by atoms with E-state index in [4.69, 9.17) is 10.4 Å². The van der Waals surface area contributed by atoms with E-state index in [1.54, 1.807) is 0 Å². The van der Waals surface area contributed by atoms with Crippen LogP contribution in [0.5, 0.6) is 0 Å². The molecule has 0 aliphatic carbocycles. The van der Waals surface area contributed by atoms with Crippen molar-refractivity contribution in [2.75, 3.05) is 13.1 Å². The molecule has 1 N–H and O–H groups in total. The lowest BCUT2D eigenvalue weighted by Gasteiger charge is -2.18. The largest absolute Gasteiger partial charge is 0.481 e. The molecule has 1 aliphatic heterocycles. The third-order valence-corrected chi connectivity index (χ3v) is 2.56. The molecule has 0 spiro atoms. The topological polar surface area (TPSA) is 64.3 Å². The Morgan fingerprint density at radius 1 is 1.77 bits per heavy atom.